The van der Waals surface area contributed by atoms with Crippen LogP contribution < -0.4 is 24.0 Å². The highest BCUT2D eigenvalue weighted by Gasteiger charge is 2.32. The van der Waals surface area contributed by atoms with Crippen molar-refractivity contribution >= 4 is 5.97 Å². The molecule has 1 saturated heterocycles. The average molecular weight is 461 g/mol. The van der Waals surface area contributed by atoms with Crippen LogP contribution in [0.2, 0.25) is 0 Å². The van der Waals surface area contributed by atoms with Crippen LogP contribution in [0.4, 0.5) is 0 Å². The number of nitrogens with zero attached hydrogens (tertiary/aromatic N) is 1. The van der Waals surface area contributed by atoms with Gasteiger partial charge in [0.25, 0.3) is 0 Å². The number of likely N-dealkylation sites (N-methyl/N-ethyl adjacent to an activating group) is 1. The van der Waals surface area contributed by atoms with Gasteiger partial charge in [-0.25, -0.2) is 4.79 Å². The molecule has 2 rings (SSSR count). The molecule has 0 spiro atoms. The minimum absolute atomic E-state index is 0. The SMILES string of the molecule is Cc1cc(C)c(C(=O)OC(C)C[N+](C)(C)C2CCOCC2)c(C)c1.[I-]. The predicted octanol–water partition coefficient (Wildman–Crippen LogP) is 0.417. The average Bonchev–Trinajstić information content (AvgIpc) is 2.46. The number of halogens is 1. The van der Waals surface area contributed by atoms with Gasteiger partial charge in [0.2, 0.25) is 0 Å². The van der Waals surface area contributed by atoms with Gasteiger partial charge in [0.05, 0.1) is 38.9 Å². The van der Waals surface area contributed by atoms with E-state index < -0.39 is 0 Å². The Hall–Kier alpha value is -0.660. The van der Waals surface area contributed by atoms with Crippen molar-refractivity contribution in [3.63, 3.8) is 0 Å². The normalized spacial score (nSPS) is 16.9. The number of carbonyl (C=O) groups is 1. The van der Waals surface area contributed by atoms with Gasteiger partial charge in [-0.05, 0) is 38.8 Å². The number of hydrogen-bond acceptors (Lipinski definition) is 3. The molecule has 4 nitrogen and oxygen atoms in total. The Bertz CT molecular complexity index is 572. The van der Waals surface area contributed by atoms with Crippen LogP contribution in [0.1, 0.15) is 46.8 Å². The van der Waals surface area contributed by atoms with E-state index in [-0.39, 0.29) is 36.0 Å². The zero-order valence-corrected chi connectivity index (χ0v) is 18.6. The van der Waals surface area contributed by atoms with Gasteiger partial charge in [-0.1, -0.05) is 17.7 Å². The van der Waals surface area contributed by atoms with E-state index in [0.717, 1.165) is 48.2 Å². The van der Waals surface area contributed by atoms with Crippen LogP contribution in [-0.4, -0.2) is 56.5 Å². The van der Waals surface area contributed by atoms with Gasteiger partial charge in [-0.3, -0.25) is 0 Å². The zero-order chi connectivity index (χ0) is 17.9. The first kappa shape index (κ1) is 22.4. The van der Waals surface area contributed by atoms with Gasteiger partial charge in [0.1, 0.15) is 12.6 Å². The van der Waals surface area contributed by atoms with Gasteiger partial charge < -0.3 is 37.9 Å². The molecule has 1 aromatic rings. The van der Waals surface area contributed by atoms with Crippen LogP contribution >= 0.6 is 0 Å². The molecule has 0 aliphatic carbocycles. The lowest BCUT2D eigenvalue weighted by Crippen LogP contribution is -3.00. The highest BCUT2D eigenvalue weighted by atomic mass is 127. The summed E-state index contributed by atoms with van der Waals surface area (Å²) in [6, 6.07) is 4.65. The number of esters is 1. The van der Waals surface area contributed by atoms with Crippen LogP contribution in [0.15, 0.2) is 12.1 Å². The number of ether oxygens (including phenoxy) is 2. The number of carbonyl (C=O) groups excluding carboxylic acids is 1. The molecule has 0 radical (unpaired) electrons. The van der Waals surface area contributed by atoms with Crippen molar-refractivity contribution < 1.29 is 42.7 Å². The summed E-state index contributed by atoms with van der Waals surface area (Å²) in [5, 5.41) is 0. The third-order valence-corrected chi connectivity index (χ3v) is 5.10. The van der Waals surface area contributed by atoms with Gasteiger partial charge in [0.15, 0.2) is 0 Å². The molecule has 25 heavy (non-hydrogen) atoms. The van der Waals surface area contributed by atoms with Gasteiger partial charge >= 0.3 is 5.97 Å². The molecule has 0 saturated carbocycles. The van der Waals surface area contributed by atoms with Crippen LogP contribution in [0.3, 0.4) is 0 Å². The fourth-order valence-electron chi connectivity index (χ4n) is 3.98. The standard InChI is InChI=1S/C20H32NO3.HI/c1-14-11-15(2)19(16(3)12-14)20(22)24-17(4)13-21(5,6)18-7-9-23-10-8-18;/h11-12,17-18H,7-10,13H2,1-6H3;1H/q+1;/p-1. The molecule has 1 aliphatic rings. The summed E-state index contributed by atoms with van der Waals surface area (Å²) >= 11 is 0. The molecule has 0 N–H and O–H groups in total. The van der Waals surface area contributed by atoms with Gasteiger partial charge in [0, 0.05) is 12.8 Å². The molecular weight excluding hydrogens is 429 g/mol. The Morgan fingerprint density at radius 3 is 2.24 bits per heavy atom. The van der Waals surface area contributed by atoms with Crippen molar-refractivity contribution in [1.82, 2.24) is 0 Å². The zero-order valence-electron chi connectivity index (χ0n) is 16.4. The predicted molar refractivity (Wildman–Crippen MR) is 96.3 cm³/mol. The van der Waals surface area contributed by atoms with Crippen molar-refractivity contribution in [2.75, 3.05) is 33.9 Å². The lowest BCUT2D eigenvalue weighted by Gasteiger charge is -2.41. The van der Waals surface area contributed by atoms with Crippen LogP contribution in [0, 0.1) is 20.8 Å². The summed E-state index contributed by atoms with van der Waals surface area (Å²) < 4.78 is 12.1. The van der Waals surface area contributed by atoms with E-state index in [0.29, 0.717) is 11.6 Å². The monoisotopic (exact) mass is 461 g/mol. The fraction of sp³-hybridized carbons (Fsp3) is 0.650. The molecule has 1 unspecified atom stereocenters. The molecule has 1 fully saturated rings. The smallest absolute Gasteiger partial charge is 0.339 e. The molecule has 1 heterocycles. The molecule has 0 bridgehead atoms. The van der Waals surface area contributed by atoms with Crippen LogP contribution in [0.25, 0.3) is 0 Å². The van der Waals surface area contributed by atoms with Crippen molar-refractivity contribution in [2.24, 2.45) is 0 Å². The maximum absolute atomic E-state index is 12.6. The largest absolute Gasteiger partial charge is 1.00 e. The number of aryl methyl sites for hydroxylation is 3. The molecule has 1 aliphatic heterocycles. The summed E-state index contributed by atoms with van der Waals surface area (Å²) in [4.78, 5) is 12.6. The second-order valence-electron chi connectivity index (χ2n) is 7.79. The highest BCUT2D eigenvalue weighted by Crippen LogP contribution is 2.22. The number of quaternary nitrogens is 1. The van der Waals surface area contributed by atoms with E-state index in [1.165, 1.54) is 5.56 Å². The molecular formula is C20H32INO3. The third-order valence-electron chi connectivity index (χ3n) is 5.10. The van der Waals surface area contributed by atoms with E-state index in [1.807, 2.05) is 39.8 Å². The van der Waals surface area contributed by atoms with E-state index in [4.69, 9.17) is 9.47 Å². The minimum Gasteiger partial charge on any atom is -1.00 e. The van der Waals surface area contributed by atoms with Crippen LogP contribution in [0.5, 0.6) is 0 Å². The van der Waals surface area contributed by atoms with Crippen LogP contribution in [-0.2, 0) is 9.47 Å². The lowest BCUT2D eigenvalue weighted by atomic mass is 10.00. The number of hydrogen-bond donors (Lipinski definition) is 0. The maximum atomic E-state index is 12.6. The Morgan fingerprint density at radius 1 is 1.20 bits per heavy atom. The Kier molecular flexibility index (Phi) is 8.35. The van der Waals surface area contributed by atoms with E-state index in [2.05, 4.69) is 14.1 Å². The molecule has 1 atom stereocenters. The van der Waals surface area contributed by atoms with Crippen molar-refractivity contribution in [1.29, 1.82) is 0 Å². The van der Waals surface area contributed by atoms with Crippen molar-refractivity contribution in [3.8, 4) is 0 Å². The molecule has 5 heteroatoms. The second kappa shape index (κ2) is 9.33. The summed E-state index contributed by atoms with van der Waals surface area (Å²) in [6.45, 7) is 10.5. The Morgan fingerprint density at radius 2 is 1.72 bits per heavy atom. The number of benzene rings is 1. The summed E-state index contributed by atoms with van der Waals surface area (Å²) in [5.74, 6) is -0.204. The topological polar surface area (TPSA) is 35.5 Å². The Labute approximate surface area is 169 Å². The molecule has 142 valence electrons. The first-order valence-corrected chi connectivity index (χ1v) is 8.90. The summed E-state index contributed by atoms with van der Waals surface area (Å²) in [7, 11) is 4.45. The fourth-order valence-corrected chi connectivity index (χ4v) is 3.98. The molecule has 0 aromatic heterocycles. The first-order chi connectivity index (χ1) is 11.2. The van der Waals surface area contributed by atoms with Crippen molar-refractivity contribution in [2.45, 2.75) is 52.7 Å². The first-order valence-electron chi connectivity index (χ1n) is 8.90. The minimum atomic E-state index is -0.204. The Balaban J connectivity index is 0.00000312. The van der Waals surface area contributed by atoms with Gasteiger partial charge in [-0.2, -0.15) is 0 Å². The third kappa shape index (κ3) is 5.93. The maximum Gasteiger partial charge on any atom is 0.339 e. The molecule has 1 aromatic carbocycles. The lowest BCUT2D eigenvalue weighted by molar-refractivity contribution is -0.919. The van der Waals surface area contributed by atoms with Gasteiger partial charge in [-0.15, -0.1) is 0 Å². The summed E-state index contributed by atoms with van der Waals surface area (Å²) in [5.41, 5.74) is 3.86. The van der Waals surface area contributed by atoms with E-state index in [9.17, 15) is 4.79 Å². The van der Waals surface area contributed by atoms with E-state index >= 15 is 0 Å². The quantitative estimate of drug-likeness (QED) is 0.362. The highest BCUT2D eigenvalue weighted by molar-refractivity contribution is 5.92. The second-order valence-corrected chi connectivity index (χ2v) is 7.79. The van der Waals surface area contributed by atoms with E-state index in [1.54, 1.807) is 0 Å². The summed E-state index contributed by atoms with van der Waals surface area (Å²) in [6.07, 6.45) is 2.03. The molecule has 0 amide bonds. The number of rotatable bonds is 5. The van der Waals surface area contributed by atoms with Crippen molar-refractivity contribution in [3.05, 3.63) is 34.4 Å².